The molecule has 3 rings (SSSR count). The van der Waals surface area contributed by atoms with Gasteiger partial charge in [0, 0.05) is 18.3 Å². The number of non-ortho nitro benzene ring substituents is 1. The van der Waals surface area contributed by atoms with Crippen molar-refractivity contribution in [3.63, 3.8) is 0 Å². The number of nitrogens with one attached hydrogen (secondary N) is 2. The van der Waals surface area contributed by atoms with E-state index in [1.54, 1.807) is 6.21 Å². The molecule has 128 valence electrons. The second-order valence-electron chi connectivity index (χ2n) is 5.53. The van der Waals surface area contributed by atoms with Crippen molar-refractivity contribution in [2.24, 2.45) is 5.10 Å². The summed E-state index contributed by atoms with van der Waals surface area (Å²) in [6.45, 7) is 0.964. The molecule has 0 unspecified atom stereocenters. The Kier molecular flexibility index (Phi) is 4.55. The fourth-order valence-electron chi connectivity index (χ4n) is 2.63. The van der Waals surface area contributed by atoms with Crippen molar-refractivity contribution in [2.75, 3.05) is 17.3 Å². The monoisotopic (exact) mass is 341 g/mol. The van der Waals surface area contributed by atoms with Crippen LogP contribution in [-0.4, -0.2) is 22.6 Å². The second kappa shape index (κ2) is 6.95. The molecule has 1 heterocycles. The van der Waals surface area contributed by atoms with Crippen LogP contribution in [-0.2, 0) is 6.42 Å². The fraction of sp³-hybridized carbons (Fsp3) is 0.188. The van der Waals surface area contributed by atoms with Crippen molar-refractivity contribution in [1.82, 2.24) is 0 Å². The van der Waals surface area contributed by atoms with Gasteiger partial charge in [-0.15, -0.1) is 0 Å². The minimum atomic E-state index is -0.685. The molecule has 0 atom stereocenters. The van der Waals surface area contributed by atoms with Crippen LogP contribution in [0.25, 0.3) is 0 Å². The molecule has 2 aromatic carbocycles. The van der Waals surface area contributed by atoms with E-state index in [2.05, 4.69) is 15.8 Å². The van der Waals surface area contributed by atoms with E-state index in [0.717, 1.165) is 36.7 Å². The standard InChI is InChI=1S/C16H15N5O4/c22-20(23)13-4-6-15(16(9-13)21(24)25)19-18-10-11-3-5-14-12(8-11)2-1-7-17-14/h3-6,8-10,17,19H,1-2,7H2. The molecule has 25 heavy (non-hydrogen) atoms. The van der Waals surface area contributed by atoms with Crippen molar-refractivity contribution in [2.45, 2.75) is 12.8 Å². The summed E-state index contributed by atoms with van der Waals surface area (Å²) in [6.07, 6.45) is 3.62. The van der Waals surface area contributed by atoms with Gasteiger partial charge in [0.15, 0.2) is 0 Å². The number of hydrogen-bond donors (Lipinski definition) is 2. The number of nitro benzene ring substituents is 2. The van der Waals surface area contributed by atoms with Crippen LogP contribution in [0.4, 0.5) is 22.7 Å². The van der Waals surface area contributed by atoms with Gasteiger partial charge in [0.2, 0.25) is 0 Å². The summed E-state index contributed by atoms with van der Waals surface area (Å²) in [5, 5.41) is 29.1. The van der Waals surface area contributed by atoms with Crippen molar-refractivity contribution in [3.8, 4) is 0 Å². The van der Waals surface area contributed by atoms with E-state index in [1.165, 1.54) is 17.7 Å². The second-order valence-corrected chi connectivity index (χ2v) is 5.53. The highest BCUT2D eigenvalue weighted by molar-refractivity contribution is 5.82. The van der Waals surface area contributed by atoms with E-state index in [4.69, 9.17) is 0 Å². The molecule has 2 N–H and O–H groups in total. The SMILES string of the molecule is O=[N+]([O-])c1ccc(NN=Cc2ccc3c(c2)CCCN3)c([N+](=O)[O-])c1. The maximum atomic E-state index is 11.1. The Morgan fingerprint density at radius 2 is 1.96 bits per heavy atom. The number of benzene rings is 2. The van der Waals surface area contributed by atoms with Gasteiger partial charge in [-0.1, -0.05) is 6.07 Å². The lowest BCUT2D eigenvalue weighted by atomic mass is 10.0. The third-order valence-corrected chi connectivity index (χ3v) is 3.86. The number of fused-ring (bicyclic) bond motifs is 1. The van der Waals surface area contributed by atoms with Gasteiger partial charge in [-0.2, -0.15) is 5.10 Å². The molecule has 2 aromatic rings. The van der Waals surface area contributed by atoms with Crippen LogP contribution in [0.5, 0.6) is 0 Å². The Labute approximate surface area is 142 Å². The molecule has 0 spiro atoms. The summed E-state index contributed by atoms with van der Waals surface area (Å²) < 4.78 is 0. The third-order valence-electron chi connectivity index (χ3n) is 3.86. The molecule has 0 saturated carbocycles. The zero-order chi connectivity index (χ0) is 17.8. The van der Waals surface area contributed by atoms with Gasteiger partial charge in [0.25, 0.3) is 5.69 Å². The van der Waals surface area contributed by atoms with Crippen molar-refractivity contribution >= 4 is 29.0 Å². The van der Waals surface area contributed by atoms with Gasteiger partial charge < -0.3 is 5.32 Å². The maximum Gasteiger partial charge on any atom is 0.301 e. The third kappa shape index (κ3) is 3.71. The highest BCUT2D eigenvalue weighted by atomic mass is 16.6. The van der Waals surface area contributed by atoms with Crippen LogP contribution in [0.15, 0.2) is 41.5 Å². The number of aryl methyl sites for hydroxylation is 1. The summed E-state index contributed by atoms with van der Waals surface area (Å²) >= 11 is 0. The molecule has 0 saturated heterocycles. The number of nitro groups is 2. The van der Waals surface area contributed by atoms with Crippen LogP contribution in [0.3, 0.4) is 0 Å². The van der Waals surface area contributed by atoms with E-state index >= 15 is 0 Å². The topological polar surface area (TPSA) is 123 Å². The Bertz CT molecular complexity index is 866. The van der Waals surface area contributed by atoms with E-state index in [0.29, 0.717) is 0 Å². The summed E-state index contributed by atoms with van der Waals surface area (Å²) in [4.78, 5) is 20.4. The first kappa shape index (κ1) is 16.4. The van der Waals surface area contributed by atoms with Crippen molar-refractivity contribution < 1.29 is 9.85 Å². The first-order chi connectivity index (χ1) is 12.0. The Hall–Kier alpha value is -3.49. The van der Waals surface area contributed by atoms with Crippen LogP contribution >= 0.6 is 0 Å². The largest absolute Gasteiger partial charge is 0.385 e. The Morgan fingerprint density at radius 1 is 1.12 bits per heavy atom. The van der Waals surface area contributed by atoms with Crippen LogP contribution < -0.4 is 10.7 Å². The predicted molar refractivity (Wildman–Crippen MR) is 94.2 cm³/mol. The molecule has 0 radical (unpaired) electrons. The summed E-state index contributed by atoms with van der Waals surface area (Å²) in [5.41, 5.74) is 5.10. The zero-order valence-corrected chi connectivity index (χ0v) is 13.1. The summed E-state index contributed by atoms with van der Waals surface area (Å²) in [5.74, 6) is 0. The number of rotatable bonds is 5. The van der Waals surface area contributed by atoms with E-state index in [1.807, 2.05) is 18.2 Å². The smallest absolute Gasteiger partial charge is 0.301 e. The lowest BCUT2D eigenvalue weighted by molar-refractivity contribution is -0.393. The molecule has 0 aliphatic carbocycles. The summed E-state index contributed by atoms with van der Waals surface area (Å²) in [7, 11) is 0. The Balaban J connectivity index is 1.78. The lowest BCUT2D eigenvalue weighted by Crippen LogP contribution is -2.11. The van der Waals surface area contributed by atoms with Crippen molar-refractivity contribution in [1.29, 1.82) is 0 Å². The lowest BCUT2D eigenvalue weighted by Gasteiger charge is -2.17. The van der Waals surface area contributed by atoms with Gasteiger partial charge in [-0.3, -0.25) is 25.7 Å². The highest BCUT2D eigenvalue weighted by Gasteiger charge is 2.19. The first-order valence-corrected chi connectivity index (χ1v) is 7.63. The molecule has 0 fully saturated rings. The van der Waals surface area contributed by atoms with E-state index < -0.39 is 15.5 Å². The average molecular weight is 341 g/mol. The summed E-state index contributed by atoms with van der Waals surface area (Å²) in [6, 6.07) is 9.25. The van der Waals surface area contributed by atoms with Gasteiger partial charge in [0.1, 0.15) is 5.69 Å². The molecular weight excluding hydrogens is 326 g/mol. The highest BCUT2D eigenvalue weighted by Crippen LogP contribution is 2.29. The van der Waals surface area contributed by atoms with E-state index in [9.17, 15) is 20.2 Å². The average Bonchev–Trinajstić information content (AvgIpc) is 2.61. The molecule has 9 heteroatoms. The number of hydrogen-bond acceptors (Lipinski definition) is 7. The van der Waals surface area contributed by atoms with Crippen LogP contribution in [0.2, 0.25) is 0 Å². The predicted octanol–water partition coefficient (Wildman–Crippen LogP) is 3.31. The van der Waals surface area contributed by atoms with Gasteiger partial charge >= 0.3 is 5.69 Å². The fourth-order valence-corrected chi connectivity index (χ4v) is 2.63. The van der Waals surface area contributed by atoms with E-state index in [-0.39, 0.29) is 11.4 Å². The van der Waals surface area contributed by atoms with Crippen LogP contribution in [0.1, 0.15) is 17.5 Å². The molecule has 1 aliphatic rings. The van der Waals surface area contributed by atoms with Gasteiger partial charge in [-0.25, -0.2) is 0 Å². The molecule has 0 aromatic heterocycles. The number of anilines is 2. The quantitative estimate of drug-likeness (QED) is 0.488. The van der Waals surface area contributed by atoms with Crippen molar-refractivity contribution in [3.05, 3.63) is 67.8 Å². The maximum absolute atomic E-state index is 11.1. The minimum absolute atomic E-state index is 0.0893. The molecule has 0 amide bonds. The number of nitrogens with zero attached hydrogens (tertiary/aromatic N) is 3. The van der Waals surface area contributed by atoms with Gasteiger partial charge in [-0.05, 0) is 42.2 Å². The molecule has 9 nitrogen and oxygen atoms in total. The minimum Gasteiger partial charge on any atom is -0.385 e. The zero-order valence-electron chi connectivity index (χ0n) is 13.1. The van der Waals surface area contributed by atoms with Crippen LogP contribution in [0, 0.1) is 20.2 Å². The number of hydrazone groups is 1. The van der Waals surface area contributed by atoms with Gasteiger partial charge in [0.05, 0.1) is 22.1 Å². The molecule has 1 aliphatic heterocycles. The molecule has 0 bridgehead atoms. The normalized spacial score (nSPS) is 13.1. The first-order valence-electron chi connectivity index (χ1n) is 7.63. The Morgan fingerprint density at radius 3 is 2.72 bits per heavy atom. The molecular formula is C16H15N5O4.